The van der Waals surface area contributed by atoms with Crippen LogP contribution in [0.25, 0.3) is 11.1 Å². The van der Waals surface area contributed by atoms with Crippen LogP contribution in [0.2, 0.25) is 0 Å². The summed E-state index contributed by atoms with van der Waals surface area (Å²) >= 11 is 0. The monoisotopic (exact) mass is 380 g/mol. The minimum Gasteiger partial charge on any atom is -0.339 e. The summed E-state index contributed by atoms with van der Waals surface area (Å²) < 4.78 is 14.3. The van der Waals surface area contributed by atoms with Gasteiger partial charge in [-0.25, -0.2) is 4.39 Å². The molecule has 2 saturated carbocycles. The molecule has 2 aliphatic rings. The second kappa shape index (κ2) is 7.67. The number of nitrogens with zero attached hydrogens (tertiary/aromatic N) is 2. The van der Waals surface area contributed by atoms with E-state index in [0.29, 0.717) is 22.7 Å². The van der Waals surface area contributed by atoms with Gasteiger partial charge < -0.3 is 9.80 Å². The van der Waals surface area contributed by atoms with Crippen LogP contribution in [-0.4, -0.2) is 48.9 Å². The Hall–Kier alpha value is -2.20. The van der Waals surface area contributed by atoms with Crippen molar-refractivity contribution < 1.29 is 9.18 Å². The maximum absolute atomic E-state index is 14.3. The van der Waals surface area contributed by atoms with E-state index in [9.17, 15) is 9.18 Å². The van der Waals surface area contributed by atoms with Crippen LogP contribution in [0.5, 0.6) is 0 Å². The molecule has 148 valence electrons. The molecule has 4 rings (SSSR count). The predicted molar refractivity (Wildman–Crippen MR) is 111 cm³/mol. The first-order valence-corrected chi connectivity index (χ1v) is 10.2. The highest BCUT2D eigenvalue weighted by molar-refractivity contribution is 6.01. The van der Waals surface area contributed by atoms with E-state index in [1.165, 1.54) is 18.9 Å². The Bertz CT molecular complexity index is 851. The second-order valence-corrected chi connectivity index (χ2v) is 8.68. The van der Waals surface area contributed by atoms with E-state index in [0.717, 1.165) is 24.7 Å². The van der Waals surface area contributed by atoms with Gasteiger partial charge in [-0.3, -0.25) is 4.79 Å². The first-order valence-electron chi connectivity index (χ1n) is 10.2. The Labute approximate surface area is 167 Å². The normalized spacial score (nSPS) is 26.5. The Kier molecular flexibility index (Phi) is 5.24. The maximum Gasteiger partial charge on any atom is 0.254 e. The van der Waals surface area contributed by atoms with Crippen LogP contribution >= 0.6 is 0 Å². The summed E-state index contributed by atoms with van der Waals surface area (Å²) in [5, 5.41) is 0. The number of amides is 1. The van der Waals surface area contributed by atoms with Crippen molar-refractivity contribution in [2.24, 2.45) is 11.8 Å². The molecule has 0 radical (unpaired) electrons. The summed E-state index contributed by atoms with van der Waals surface area (Å²) in [5.41, 5.74) is 1.73. The lowest BCUT2D eigenvalue weighted by Gasteiger charge is -2.28. The molecule has 0 aliphatic heterocycles. The molecule has 0 spiro atoms. The fraction of sp³-hybridized carbons (Fsp3) is 0.458. The van der Waals surface area contributed by atoms with Crippen molar-refractivity contribution in [3.63, 3.8) is 0 Å². The second-order valence-electron chi connectivity index (χ2n) is 8.68. The fourth-order valence-corrected chi connectivity index (χ4v) is 5.23. The molecule has 2 aromatic carbocycles. The zero-order chi connectivity index (χ0) is 19.8. The van der Waals surface area contributed by atoms with Crippen LogP contribution in [0.1, 0.15) is 36.0 Å². The molecule has 2 unspecified atom stereocenters. The smallest absolute Gasteiger partial charge is 0.254 e. The maximum atomic E-state index is 14.3. The highest BCUT2D eigenvalue weighted by Gasteiger charge is 2.44. The van der Waals surface area contributed by atoms with Gasteiger partial charge in [0.05, 0.1) is 0 Å². The average Bonchev–Trinajstić information content (AvgIpc) is 3.27. The number of carbonyl (C=O) groups excluding carboxylic acids is 1. The number of benzene rings is 2. The molecule has 0 N–H and O–H groups in total. The largest absolute Gasteiger partial charge is 0.339 e. The van der Waals surface area contributed by atoms with Crippen molar-refractivity contribution >= 4 is 5.91 Å². The van der Waals surface area contributed by atoms with Crippen LogP contribution in [0, 0.1) is 17.7 Å². The Balaban J connectivity index is 1.53. The Morgan fingerprint density at radius 3 is 1.96 bits per heavy atom. The van der Waals surface area contributed by atoms with E-state index >= 15 is 0 Å². The number of hydrogen-bond acceptors (Lipinski definition) is 2. The third-order valence-electron chi connectivity index (χ3n) is 6.89. The minimum atomic E-state index is -0.296. The molecule has 2 aliphatic carbocycles. The third kappa shape index (κ3) is 3.46. The van der Waals surface area contributed by atoms with Gasteiger partial charge in [-0.2, -0.15) is 0 Å². The van der Waals surface area contributed by atoms with Crippen molar-refractivity contribution in [3.05, 3.63) is 59.9 Å². The lowest BCUT2D eigenvalue weighted by Crippen LogP contribution is -2.36. The van der Waals surface area contributed by atoms with E-state index in [4.69, 9.17) is 0 Å². The van der Waals surface area contributed by atoms with Crippen molar-refractivity contribution in [2.45, 2.75) is 37.8 Å². The molecule has 4 atom stereocenters. The summed E-state index contributed by atoms with van der Waals surface area (Å²) in [5.74, 6) is 1.13. The van der Waals surface area contributed by atoms with E-state index in [1.54, 1.807) is 12.1 Å². The predicted octanol–water partition coefficient (Wildman–Crippen LogP) is 4.68. The van der Waals surface area contributed by atoms with Gasteiger partial charge in [-0.1, -0.05) is 36.4 Å². The molecule has 1 amide bonds. The third-order valence-corrected chi connectivity index (χ3v) is 6.89. The molecule has 0 saturated heterocycles. The van der Waals surface area contributed by atoms with E-state index in [-0.39, 0.29) is 17.8 Å². The molecule has 28 heavy (non-hydrogen) atoms. The molecule has 2 fully saturated rings. The molecular weight excluding hydrogens is 351 g/mol. The van der Waals surface area contributed by atoms with Crippen LogP contribution in [0.4, 0.5) is 4.39 Å². The van der Waals surface area contributed by atoms with Gasteiger partial charge in [0.1, 0.15) is 5.82 Å². The van der Waals surface area contributed by atoms with Crippen LogP contribution in [-0.2, 0) is 0 Å². The van der Waals surface area contributed by atoms with Gasteiger partial charge in [0.25, 0.3) is 5.91 Å². The molecule has 2 aromatic rings. The van der Waals surface area contributed by atoms with Gasteiger partial charge in [0.2, 0.25) is 0 Å². The van der Waals surface area contributed by atoms with E-state index < -0.39 is 0 Å². The minimum absolute atomic E-state index is 0.00649. The molecule has 4 heteroatoms. The number of fused-ring (bicyclic) bond motifs is 1. The SMILES string of the molecule is CN(C)C1C[C@@H]2CC(N(C)C(=O)c3ccccc3-c3ccccc3F)C[C@@H]2C1. The number of hydrogen-bond donors (Lipinski definition) is 0. The van der Waals surface area contributed by atoms with Gasteiger partial charge in [-0.15, -0.1) is 0 Å². The lowest BCUT2D eigenvalue weighted by atomic mass is 9.97. The van der Waals surface area contributed by atoms with Crippen molar-refractivity contribution in [1.29, 1.82) is 0 Å². The lowest BCUT2D eigenvalue weighted by molar-refractivity contribution is 0.0727. The Morgan fingerprint density at radius 1 is 0.821 bits per heavy atom. The Morgan fingerprint density at radius 2 is 1.36 bits per heavy atom. The summed E-state index contributed by atoms with van der Waals surface area (Å²) in [7, 11) is 6.24. The van der Waals surface area contributed by atoms with Crippen molar-refractivity contribution in [2.75, 3.05) is 21.1 Å². The van der Waals surface area contributed by atoms with Gasteiger partial charge >= 0.3 is 0 Å². The van der Waals surface area contributed by atoms with Crippen LogP contribution in [0.3, 0.4) is 0 Å². The summed E-state index contributed by atoms with van der Waals surface area (Å²) in [4.78, 5) is 17.6. The van der Waals surface area contributed by atoms with Crippen molar-refractivity contribution in [3.8, 4) is 11.1 Å². The molecule has 0 heterocycles. The average molecular weight is 381 g/mol. The van der Waals surface area contributed by atoms with Crippen molar-refractivity contribution in [1.82, 2.24) is 9.80 Å². The number of halogens is 1. The molecular formula is C24H29FN2O. The van der Waals surface area contributed by atoms with Crippen LogP contribution in [0.15, 0.2) is 48.5 Å². The number of carbonyl (C=O) groups is 1. The van der Waals surface area contributed by atoms with E-state index in [2.05, 4.69) is 19.0 Å². The first kappa shape index (κ1) is 19.1. The zero-order valence-electron chi connectivity index (χ0n) is 16.9. The number of rotatable bonds is 4. The highest BCUT2D eigenvalue weighted by atomic mass is 19.1. The van der Waals surface area contributed by atoms with E-state index in [1.807, 2.05) is 42.3 Å². The first-order chi connectivity index (χ1) is 13.5. The molecule has 3 nitrogen and oxygen atoms in total. The summed E-state index contributed by atoms with van der Waals surface area (Å²) in [6.07, 6.45) is 4.64. The van der Waals surface area contributed by atoms with Gasteiger partial charge in [-0.05, 0) is 69.3 Å². The van der Waals surface area contributed by atoms with Gasteiger partial charge in [0, 0.05) is 30.3 Å². The molecule has 0 bridgehead atoms. The summed E-state index contributed by atoms with van der Waals surface area (Å²) in [6, 6.07) is 15.0. The van der Waals surface area contributed by atoms with Crippen LogP contribution < -0.4 is 0 Å². The zero-order valence-corrected chi connectivity index (χ0v) is 16.9. The van der Waals surface area contributed by atoms with Gasteiger partial charge in [0.15, 0.2) is 0 Å². The molecule has 0 aromatic heterocycles. The standard InChI is InChI=1S/C24H29FN2O/c1-26(2)18-12-16-14-19(15-17(16)13-18)27(3)24(28)22-10-5-4-8-20(22)21-9-6-7-11-23(21)25/h4-11,16-19H,12-15H2,1-3H3/t16-,17+,18?,19?. The fourth-order valence-electron chi connectivity index (χ4n) is 5.23. The topological polar surface area (TPSA) is 23.6 Å². The quantitative estimate of drug-likeness (QED) is 0.769. The highest BCUT2D eigenvalue weighted by Crippen LogP contribution is 2.46. The summed E-state index contributed by atoms with van der Waals surface area (Å²) in [6.45, 7) is 0.